The highest BCUT2D eigenvalue weighted by Crippen LogP contribution is 2.24. The van der Waals surface area contributed by atoms with Gasteiger partial charge in [-0.25, -0.2) is 13.6 Å². The van der Waals surface area contributed by atoms with Crippen LogP contribution in [0.1, 0.15) is 24.9 Å². The topological polar surface area (TPSA) is 80.5 Å². The van der Waals surface area contributed by atoms with Crippen LogP contribution in [0.15, 0.2) is 58.3 Å². The maximum absolute atomic E-state index is 12.4. The van der Waals surface area contributed by atoms with E-state index in [0.717, 1.165) is 10.5 Å². The predicted molar refractivity (Wildman–Crippen MR) is 106 cm³/mol. The fourth-order valence-corrected chi connectivity index (χ4v) is 3.82. The molecule has 5 nitrogen and oxygen atoms in total. The molecule has 2 rings (SSSR count). The molecule has 26 heavy (non-hydrogen) atoms. The normalized spacial score (nSPS) is 12.6. The lowest BCUT2D eigenvalue weighted by molar-refractivity contribution is -0.131. The van der Waals surface area contributed by atoms with Gasteiger partial charge in [0.15, 0.2) is 0 Å². The number of primary sulfonamides is 1. The fraction of sp³-hybridized carbons (Fsp3) is 0.278. The smallest absolute Gasteiger partial charge is 0.238 e. The number of carbonyl (C=O) groups is 1. The zero-order valence-electron chi connectivity index (χ0n) is 14.6. The van der Waals surface area contributed by atoms with Crippen LogP contribution in [0.25, 0.3) is 0 Å². The molecule has 140 valence electrons. The van der Waals surface area contributed by atoms with Gasteiger partial charge in [0.05, 0.1) is 10.9 Å². The molecular formula is C18H21ClN2O3S2. The molecule has 0 spiro atoms. The largest absolute Gasteiger partial charge is 0.339 e. The van der Waals surface area contributed by atoms with E-state index in [1.165, 1.54) is 12.1 Å². The molecule has 0 radical (unpaired) electrons. The van der Waals surface area contributed by atoms with Gasteiger partial charge in [-0.1, -0.05) is 23.7 Å². The molecule has 0 aliphatic heterocycles. The molecule has 0 aromatic heterocycles. The monoisotopic (exact) mass is 412 g/mol. The van der Waals surface area contributed by atoms with Crippen LogP contribution in [0.4, 0.5) is 0 Å². The van der Waals surface area contributed by atoms with Crippen molar-refractivity contribution in [3.8, 4) is 0 Å². The van der Waals surface area contributed by atoms with E-state index in [2.05, 4.69) is 0 Å². The number of hydrogen-bond donors (Lipinski definition) is 1. The summed E-state index contributed by atoms with van der Waals surface area (Å²) < 4.78 is 22.6. The Hall–Kier alpha value is -1.54. The number of rotatable bonds is 7. The summed E-state index contributed by atoms with van der Waals surface area (Å²) in [4.78, 5) is 15.2. The summed E-state index contributed by atoms with van der Waals surface area (Å²) in [5.74, 6) is 0.691. The SMILES string of the molecule is CC(c1ccc(S(N)(=O)=O)cc1)N(C)C(=O)CCSc1ccc(Cl)cc1. The van der Waals surface area contributed by atoms with Gasteiger partial charge in [0.25, 0.3) is 0 Å². The zero-order chi connectivity index (χ0) is 19.3. The summed E-state index contributed by atoms with van der Waals surface area (Å²) >= 11 is 7.46. The Balaban J connectivity index is 1.91. The van der Waals surface area contributed by atoms with Crippen LogP contribution in [-0.4, -0.2) is 32.0 Å². The third-order valence-electron chi connectivity index (χ3n) is 4.06. The molecule has 1 amide bonds. The molecule has 1 unspecified atom stereocenters. The Morgan fingerprint density at radius 2 is 1.73 bits per heavy atom. The lowest BCUT2D eigenvalue weighted by Crippen LogP contribution is -2.29. The standard InChI is InChI=1S/C18H21ClN2O3S2/c1-13(14-3-9-17(10-4-14)26(20,23)24)21(2)18(22)11-12-25-16-7-5-15(19)6-8-16/h3-10,13H,11-12H2,1-2H3,(H2,20,23,24). The lowest BCUT2D eigenvalue weighted by Gasteiger charge is -2.25. The van der Waals surface area contributed by atoms with Gasteiger partial charge in [-0.15, -0.1) is 11.8 Å². The summed E-state index contributed by atoms with van der Waals surface area (Å²) in [5.41, 5.74) is 0.846. The van der Waals surface area contributed by atoms with Crippen LogP contribution >= 0.6 is 23.4 Å². The summed E-state index contributed by atoms with van der Waals surface area (Å²) in [6.07, 6.45) is 0.406. The van der Waals surface area contributed by atoms with E-state index in [1.807, 2.05) is 31.2 Å². The van der Waals surface area contributed by atoms with Crippen LogP contribution in [0.5, 0.6) is 0 Å². The number of hydrogen-bond acceptors (Lipinski definition) is 4. The lowest BCUT2D eigenvalue weighted by atomic mass is 10.1. The van der Waals surface area contributed by atoms with E-state index in [9.17, 15) is 13.2 Å². The Bertz CT molecular complexity index is 853. The van der Waals surface area contributed by atoms with Crippen LogP contribution < -0.4 is 5.14 Å². The molecule has 0 aliphatic rings. The maximum Gasteiger partial charge on any atom is 0.238 e. The highest BCUT2D eigenvalue weighted by molar-refractivity contribution is 7.99. The van der Waals surface area contributed by atoms with Crippen molar-refractivity contribution >= 4 is 39.3 Å². The van der Waals surface area contributed by atoms with Gasteiger partial charge in [-0.2, -0.15) is 0 Å². The Labute approximate surface area is 163 Å². The average Bonchev–Trinajstić information content (AvgIpc) is 2.61. The first-order valence-electron chi connectivity index (χ1n) is 7.95. The number of sulfonamides is 1. The molecule has 2 aromatic carbocycles. The maximum atomic E-state index is 12.4. The first-order valence-corrected chi connectivity index (χ1v) is 10.9. The van der Waals surface area contributed by atoms with E-state index in [1.54, 1.807) is 35.8 Å². The molecule has 0 bridgehead atoms. The van der Waals surface area contributed by atoms with Crippen LogP contribution in [0.3, 0.4) is 0 Å². The summed E-state index contributed by atoms with van der Waals surface area (Å²) in [7, 11) is -1.97. The number of thioether (sulfide) groups is 1. The van der Waals surface area contributed by atoms with Gasteiger partial charge >= 0.3 is 0 Å². The first kappa shape index (κ1) is 20.8. The fourth-order valence-electron chi connectivity index (χ4n) is 2.34. The van der Waals surface area contributed by atoms with Crippen molar-refractivity contribution in [2.75, 3.05) is 12.8 Å². The van der Waals surface area contributed by atoms with Crippen molar-refractivity contribution in [3.63, 3.8) is 0 Å². The van der Waals surface area contributed by atoms with Crippen molar-refractivity contribution in [2.45, 2.75) is 29.2 Å². The van der Waals surface area contributed by atoms with E-state index in [4.69, 9.17) is 16.7 Å². The van der Waals surface area contributed by atoms with Crippen LogP contribution in [0, 0.1) is 0 Å². The average molecular weight is 413 g/mol. The second-order valence-corrected chi connectivity index (χ2v) is 9.01. The van der Waals surface area contributed by atoms with Crippen LogP contribution in [-0.2, 0) is 14.8 Å². The molecular weight excluding hydrogens is 392 g/mol. The van der Waals surface area contributed by atoms with Crippen molar-refractivity contribution < 1.29 is 13.2 Å². The number of amides is 1. The minimum atomic E-state index is -3.71. The minimum Gasteiger partial charge on any atom is -0.339 e. The van der Waals surface area contributed by atoms with Gasteiger partial charge in [-0.05, 0) is 48.9 Å². The number of halogens is 1. The third kappa shape index (κ3) is 5.74. The molecule has 0 heterocycles. The zero-order valence-corrected chi connectivity index (χ0v) is 16.9. The number of benzene rings is 2. The van der Waals surface area contributed by atoms with Gasteiger partial charge in [0, 0.05) is 29.1 Å². The Morgan fingerprint density at radius 3 is 2.27 bits per heavy atom. The molecule has 0 saturated carbocycles. The Morgan fingerprint density at radius 1 is 1.15 bits per heavy atom. The van der Waals surface area contributed by atoms with Crippen molar-refractivity contribution in [2.24, 2.45) is 5.14 Å². The number of carbonyl (C=O) groups excluding carboxylic acids is 1. The van der Waals surface area contributed by atoms with E-state index >= 15 is 0 Å². The van der Waals surface area contributed by atoms with E-state index in [0.29, 0.717) is 17.2 Å². The highest BCUT2D eigenvalue weighted by Gasteiger charge is 2.18. The molecule has 2 aromatic rings. The quantitative estimate of drug-likeness (QED) is 0.703. The Kier molecular flexibility index (Phi) is 7.11. The van der Waals surface area contributed by atoms with Crippen LogP contribution in [0.2, 0.25) is 5.02 Å². The molecule has 1 atom stereocenters. The number of nitrogens with zero attached hydrogens (tertiary/aromatic N) is 1. The van der Waals surface area contributed by atoms with Gasteiger partial charge in [-0.3, -0.25) is 4.79 Å². The van der Waals surface area contributed by atoms with Gasteiger partial charge in [0.1, 0.15) is 0 Å². The summed E-state index contributed by atoms with van der Waals surface area (Å²) in [5, 5.41) is 5.79. The minimum absolute atomic E-state index is 0.0227. The second kappa shape index (κ2) is 8.90. The van der Waals surface area contributed by atoms with Gasteiger partial charge in [0.2, 0.25) is 15.9 Å². The molecule has 0 aliphatic carbocycles. The second-order valence-electron chi connectivity index (χ2n) is 5.85. The van der Waals surface area contributed by atoms with E-state index in [-0.39, 0.29) is 16.8 Å². The summed E-state index contributed by atoms with van der Waals surface area (Å²) in [6, 6.07) is 13.6. The van der Waals surface area contributed by atoms with E-state index < -0.39 is 10.0 Å². The third-order valence-corrected chi connectivity index (χ3v) is 6.26. The highest BCUT2D eigenvalue weighted by atomic mass is 35.5. The van der Waals surface area contributed by atoms with Gasteiger partial charge < -0.3 is 4.90 Å². The number of nitrogens with two attached hydrogens (primary N) is 1. The van der Waals surface area contributed by atoms with Crippen molar-refractivity contribution in [3.05, 3.63) is 59.1 Å². The first-order chi connectivity index (χ1) is 12.2. The van der Waals surface area contributed by atoms with Crippen molar-refractivity contribution in [1.82, 2.24) is 4.90 Å². The molecule has 2 N–H and O–H groups in total. The predicted octanol–water partition coefficient (Wildman–Crippen LogP) is 3.69. The summed E-state index contributed by atoms with van der Waals surface area (Å²) in [6.45, 7) is 1.90. The molecule has 8 heteroatoms. The van der Waals surface area contributed by atoms with Crippen molar-refractivity contribution in [1.29, 1.82) is 0 Å². The molecule has 0 fully saturated rings. The molecule has 0 saturated heterocycles.